The molecule has 0 amide bonds. The lowest BCUT2D eigenvalue weighted by molar-refractivity contribution is 0.176. The second-order valence-corrected chi connectivity index (χ2v) is 10.3. The van der Waals surface area contributed by atoms with Gasteiger partial charge in [-0.3, -0.25) is 4.90 Å². The molecule has 0 saturated carbocycles. The summed E-state index contributed by atoms with van der Waals surface area (Å²) in [5.41, 5.74) is 1.14. The van der Waals surface area contributed by atoms with Crippen LogP contribution in [0.2, 0.25) is 0 Å². The summed E-state index contributed by atoms with van der Waals surface area (Å²) in [4.78, 5) is 3.30. The number of para-hydroxylation sites is 1. The third-order valence-corrected chi connectivity index (χ3v) is 7.74. The van der Waals surface area contributed by atoms with Gasteiger partial charge >= 0.3 is 0 Å². The molecule has 142 valence electrons. The molecule has 1 saturated heterocycles. The molecule has 1 aliphatic rings. The fourth-order valence-electron chi connectivity index (χ4n) is 3.05. The van der Waals surface area contributed by atoms with E-state index >= 15 is 0 Å². The molecule has 3 rings (SSSR count). The van der Waals surface area contributed by atoms with Crippen LogP contribution in [0.1, 0.15) is 24.3 Å². The highest BCUT2D eigenvalue weighted by Crippen LogP contribution is 2.26. The molecular weight excluding hydrogens is 368 g/mol. The van der Waals surface area contributed by atoms with Crippen LogP contribution in [0.15, 0.2) is 40.6 Å². The molecule has 0 radical (unpaired) electrons. The number of aryl methyl sites for hydroxylation is 1. The molecule has 0 bridgehead atoms. The number of ether oxygens (including phenoxy) is 1. The van der Waals surface area contributed by atoms with Crippen LogP contribution in [0.4, 0.5) is 0 Å². The van der Waals surface area contributed by atoms with E-state index in [0.29, 0.717) is 17.3 Å². The highest BCUT2D eigenvalue weighted by atomic mass is 32.2. The Kier molecular flexibility index (Phi) is 6.02. The van der Waals surface area contributed by atoms with Gasteiger partial charge in [-0.25, -0.2) is 8.42 Å². The summed E-state index contributed by atoms with van der Waals surface area (Å²) in [5, 5.41) is 0. The number of hydrogen-bond acceptors (Lipinski definition) is 5. The van der Waals surface area contributed by atoms with E-state index in [4.69, 9.17) is 4.74 Å². The van der Waals surface area contributed by atoms with Gasteiger partial charge in [0.2, 0.25) is 0 Å². The number of hydrogen-bond donors (Lipinski definition) is 0. The fourth-order valence-corrected chi connectivity index (χ4v) is 5.91. The third-order valence-electron chi connectivity index (χ3n) is 4.37. The Balaban J connectivity index is 1.63. The van der Waals surface area contributed by atoms with E-state index in [1.165, 1.54) is 11.3 Å². The molecule has 2 heterocycles. The van der Waals surface area contributed by atoms with Gasteiger partial charge in [-0.1, -0.05) is 18.2 Å². The summed E-state index contributed by atoms with van der Waals surface area (Å²) in [5.74, 6) is 0.909. The quantitative estimate of drug-likeness (QED) is 0.754. The van der Waals surface area contributed by atoms with E-state index in [1.807, 2.05) is 45.0 Å². The molecule has 0 atom stereocenters. The van der Waals surface area contributed by atoms with E-state index in [2.05, 4.69) is 11.0 Å². The predicted molar refractivity (Wildman–Crippen MR) is 105 cm³/mol. The van der Waals surface area contributed by atoms with Gasteiger partial charge in [0.25, 0.3) is 10.0 Å². The van der Waals surface area contributed by atoms with Gasteiger partial charge < -0.3 is 4.74 Å². The van der Waals surface area contributed by atoms with Crippen LogP contribution in [0.3, 0.4) is 0 Å². The van der Waals surface area contributed by atoms with Crippen molar-refractivity contribution in [1.82, 2.24) is 9.21 Å². The topological polar surface area (TPSA) is 49.9 Å². The predicted octanol–water partition coefficient (Wildman–Crippen LogP) is 3.35. The number of sulfonamides is 1. The van der Waals surface area contributed by atoms with E-state index in [1.54, 1.807) is 10.4 Å². The smallest absolute Gasteiger partial charge is 0.252 e. The van der Waals surface area contributed by atoms with Gasteiger partial charge in [0.1, 0.15) is 9.96 Å². The summed E-state index contributed by atoms with van der Waals surface area (Å²) in [6, 6.07) is 11.6. The highest BCUT2D eigenvalue weighted by Gasteiger charge is 2.29. The molecular formula is C19H26N2O3S2. The van der Waals surface area contributed by atoms with Crippen LogP contribution >= 0.6 is 11.3 Å². The summed E-state index contributed by atoms with van der Waals surface area (Å²) in [7, 11) is -3.36. The minimum atomic E-state index is -3.36. The lowest BCUT2D eigenvalue weighted by Crippen LogP contribution is -2.48. The van der Waals surface area contributed by atoms with Crippen LogP contribution in [-0.4, -0.2) is 49.9 Å². The number of thiophene rings is 1. The zero-order valence-electron chi connectivity index (χ0n) is 15.5. The lowest BCUT2D eigenvalue weighted by Gasteiger charge is -2.34. The number of nitrogens with zero attached hydrogens (tertiary/aromatic N) is 2. The Morgan fingerprint density at radius 3 is 2.38 bits per heavy atom. The molecule has 0 spiro atoms. The van der Waals surface area contributed by atoms with Gasteiger partial charge in [-0.2, -0.15) is 4.31 Å². The van der Waals surface area contributed by atoms with Crippen molar-refractivity contribution in [3.05, 3.63) is 46.8 Å². The average Bonchev–Trinajstić information content (AvgIpc) is 3.04. The maximum absolute atomic E-state index is 12.7. The number of piperazine rings is 1. The number of rotatable bonds is 6. The fraction of sp³-hybridized carbons (Fsp3) is 0.474. The molecule has 1 aromatic carbocycles. The van der Waals surface area contributed by atoms with Crippen molar-refractivity contribution in [2.45, 2.75) is 37.6 Å². The van der Waals surface area contributed by atoms with Crippen molar-refractivity contribution >= 4 is 21.4 Å². The molecule has 7 heteroatoms. The molecule has 1 aliphatic heterocycles. The SMILES string of the molecule is Cc1ccc(S(=O)(=O)N2CCN(Cc3ccccc3OC(C)C)CC2)s1. The first kappa shape index (κ1) is 19.4. The Bertz CT molecular complexity index is 838. The van der Waals surface area contributed by atoms with E-state index in [-0.39, 0.29) is 6.10 Å². The zero-order valence-corrected chi connectivity index (χ0v) is 17.1. The Hall–Kier alpha value is -1.41. The average molecular weight is 395 g/mol. The van der Waals surface area contributed by atoms with Crippen molar-refractivity contribution < 1.29 is 13.2 Å². The largest absolute Gasteiger partial charge is 0.491 e. The standard InChI is InChI=1S/C19H26N2O3S2/c1-15(2)24-18-7-5-4-6-17(18)14-20-10-12-21(13-11-20)26(22,23)19-9-8-16(3)25-19/h4-9,15H,10-14H2,1-3H3. The van der Waals surface area contributed by atoms with Crippen molar-refractivity contribution in [2.24, 2.45) is 0 Å². The molecule has 1 aromatic heterocycles. The summed E-state index contributed by atoms with van der Waals surface area (Å²) >= 11 is 1.34. The van der Waals surface area contributed by atoms with E-state index in [0.717, 1.165) is 35.8 Å². The van der Waals surface area contributed by atoms with Gasteiger partial charge in [0.05, 0.1) is 6.10 Å². The molecule has 0 N–H and O–H groups in total. The summed E-state index contributed by atoms with van der Waals surface area (Å²) in [6.45, 7) is 9.23. The minimum Gasteiger partial charge on any atom is -0.491 e. The van der Waals surface area contributed by atoms with Crippen LogP contribution in [0, 0.1) is 6.92 Å². The lowest BCUT2D eigenvalue weighted by atomic mass is 10.1. The molecule has 1 fully saturated rings. The molecule has 26 heavy (non-hydrogen) atoms. The Morgan fingerprint density at radius 1 is 1.08 bits per heavy atom. The third kappa shape index (κ3) is 4.46. The van der Waals surface area contributed by atoms with Crippen molar-refractivity contribution in [3.63, 3.8) is 0 Å². The normalized spacial score (nSPS) is 16.9. The van der Waals surface area contributed by atoms with Crippen LogP contribution in [0.25, 0.3) is 0 Å². The first-order chi connectivity index (χ1) is 12.4. The van der Waals surface area contributed by atoms with E-state index < -0.39 is 10.0 Å². The summed E-state index contributed by atoms with van der Waals surface area (Å²) < 4.78 is 33.4. The van der Waals surface area contributed by atoms with Crippen LogP contribution < -0.4 is 4.74 Å². The molecule has 0 unspecified atom stereocenters. The Morgan fingerprint density at radius 2 is 1.77 bits per heavy atom. The monoisotopic (exact) mass is 394 g/mol. The van der Waals surface area contributed by atoms with Gasteiger partial charge in [-0.05, 0) is 39.0 Å². The second kappa shape index (κ2) is 8.08. The molecule has 2 aromatic rings. The first-order valence-electron chi connectivity index (χ1n) is 8.90. The maximum Gasteiger partial charge on any atom is 0.252 e. The maximum atomic E-state index is 12.7. The van der Waals surface area contributed by atoms with Crippen molar-refractivity contribution in [2.75, 3.05) is 26.2 Å². The number of benzene rings is 1. The first-order valence-corrected chi connectivity index (χ1v) is 11.2. The van der Waals surface area contributed by atoms with Crippen molar-refractivity contribution in [1.29, 1.82) is 0 Å². The van der Waals surface area contributed by atoms with Crippen LogP contribution in [-0.2, 0) is 16.6 Å². The summed E-state index contributed by atoms with van der Waals surface area (Å²) in [6.07, 6.45) is 0.132. The second-order valence-electron chi connectivity index (χ2n) is 6.82. The van der Waals surface area contributed by atoms with Crippen molar-refractivity contribution in [3.8, 4) is 5.75 Å². The zero-order chi connectivity index (χ0) is 18.7. The van der Waals surface area contributed by atoms with Gasteiger partial charge in [0.15, 0.2) is 0 Å². The van der Waals surface area contributed by atoms with Gasteiger partial charge in [-0.15, -0.1) is 11.3 Å². The minimum absolute atomic E-state index is 0.132. The molecule has 5 nitrogen and oxygen atoms in total. The van der Waals surface area contributed by atoms with Crippen LogP contribution in [0.5, 0.6) is 5.75 Å². The molecule has 0 aliphatic carbocycles. The highest BCUT2D eigenvalue weighted by molar-refractivity contribution is 7.91. The Labute approximate surface area is 160 Å². The van der Waals surface area contributed by atoms with E-state index in [9.17, 15) is 8.42 Å². The van der Waals surface area contributed by atoms with Gasteiger partial charge in [0, 0.05) is 43.2 Å².